The topological polar surface area (TPSA) is 27.8 Å². The third kappa shape index (κ3) is 1.50. The number of nitrogens with one attached hydrogen (secondary N) is 2. The summed E-state index contributed by atoms with van der Waals surface area (Å²) in [6, 6.07) is 7.00. The van der Waals surface area contributed by atoms with E-state index in [0.717, 1.165) is 6.54 Å². The second kappa shape index (κ2) is 3.65. The number of H-pyrrole nitrogens is 1. The number of benzene rings is 1. The molecule has 0 aliphatic carbocycles. The Morgan fingerprint density at radius 1 is 1.33 bits per heavy atom. The second-order valence-electron chi connectivity index (χ2n) is 4.06. The zero-order chi connectivity index (χ0) is 10.3. The van der Waals surface area contributed by atoms with Crippen molar-refractivity contribution in [1.29, 1.82) is 0 Å². The molecule has 1 unspecified atom stereocenters. The second-order valence-corrected chi connectivity index (χ2v) is 4.91. The molecule has 1 aliphatic rings. The average Bonchev–Trinajstić information content (AvgIpc) is 2.88. The molecule has 2 N–H and O–H groups in total. The lowest BCUT2D eigenvalue weighted by Crippen LogP contribution is -2.12. The Morgan fingerprint density at radius 3 is 3.07 bits per heavy atom. The summed E-state index contributed by atoms with van der Waals surface area (Å²) in [5, 5.41) is 4.88. The first-order valence-electron chi connectivity index (χ1n) is 5.35. The van der Waals surface area contributed by atoms with Gasteiger partial charge >= 0.3 is 0 Å². The normalized spacial score (nSPS) is 21.3. The molecule has 2 aromatic rings. The fourth-order valence-electron chi connectivity index (χ4n) is 2.41. The highest BCUT2D eigenvalue weighted by molar-refractivity contribution is 9.10. The van der Waals surface area contributed by atoms with Crippen LogP contribution in [0.2, 0.25) is 0 Å². The first-order chi connectivity index (χ1) is 7.36. The van der Waals surface area contributed by atoms with E-state index in [0.29, 0.717) is 6.04 Å². The molecule has 0 amide bonds. The van der Waals surface area contributed by atoms with E-state index in [1.807, 2.05) is 6.20 Å². The van der Waals surface area contributed by atoms with Crippen molar-refractivity contribution >= 4 is 26.8 Å². The zero-order valence-corrected chi connectivity index (χ0v) is 9.97. The summed E-state index contributed by atoms with van der Waals surface area (Å²) in [4.78, 5) is 3.28. The van der Waals surface area contributed by atoms with Crippen LogP contribution < -0.4 is 5.32 Å². The van der Waals surface area contributed by atoms with Crippen molar-refractivity contribution in [3.05, 3.63) is 34.4 Å². The number of fused-ring (bicyclic) bond motifs is 1. The fraction of sp³-hybridized carbons (Fsp3) is 0.333. The van der Waals surface area contributed by atoms with Gasteiger partial charge in [-0.1, -0.05) is 12.1 Å². The Bertz CT molecular complexity index is 483. The minimum absolute atomic E-state index is 0.529. The van der Waals surface area contributed by atoms with Crippen LogP contribution in [0.25, 0.3) is 10.9 Å². The van der Waals surface area contributed by atoms with Crippen molar-refractivity contribution in [2.75, 3.05) is 6.54 Å². The van der Waals surface area contributed by atoms with Crippen LogP contribution in [0, 0.1) is 0 Å². The van der Waals surface area contributed by atoms with Crippen LogP contribution in [-0.4, -0.2) is 11.5 Å². The van der Waals surface area contributed by atoms with Gasteiger partial charge in [-0.2, -0.15) is 0 Å². The van der Waals surface area contributed by atoms with E-state index >= 15 is 0 Å². The largest absolute Gasteiger partial charge is 0.360 e. The minimum Gasteiger partial charge on any atom is -0.360 e. The standard InChI is InChI=1S/C12H13BrN2/c13-9-7-15-11-4-1-3-8(12(9)11)10-5-2-6-14-10/h1,3-4,7,10,14-15H,2,5-6H2. The van der Waals surface area contributed by atoms with Gasteiger partial charge in [0.1, 0.15) is 0 Å². The van der Waals surface area contributed by atoms with E-state index in [2.05, 4.69) is 44.4 Å². The van der Waals surface area contributed by atoms with Gasteiger partial charge in [-0.25, -0.2) is 0 Å². The van der Waals surface area contributed by atoms with Gasteiger partial charge in [0.05, 0.1) is 0 Å². The van der Waals surface area contributed by atoms with Crippen molar-refractivity contribution in [3.63, 3.8) is 0 Å². The molecule has 1 aromatic carbocycles. The van der Waals surface area contributed by atoms with Crippen LogP contribution >= 0.6 is 15.9 Å². The number of hydrogen-bond acceptors (Lipinski definition) is 1. The number of hydrogen-bond donors (Lipinski definition) is 2. The molecule has 1 atom stereocenters. The smallest absolute Gasteiger partial charge is 0.0469 e. The van der Waals surface area contributed by atoms with Crippen molar-refractivity contribution in [3.8, 4) is 0 Å². The van der Waals surface area contributed by atoms with Crippen molar-refractivity contribution in [2.24, 2.45) is 0 Å². The highest BCUT2D eigenvalue weighted by Gasteiger charge is 2.19. The molecule has 78 valence electrons. The van der Waals surface area contributed by atoms with Crippen LogP contribution in [0.3, 0.4) is 0 Å². The first-order valence-corrected chi connectivity index (χ1v) is 6.14. The summed E-state index contributed by atoms with van der Waals surface area (Å²) in [5.74, 6) is 0. The molecule has 0 bridgehead atoms. The van der Waals surface area contributed by atoms with Gasteiger partial charge in [-0.15, -0.1) is 0 Å². The molecule has 1 saturated heterocycles. The monoisotopic (exact) mass is 264 g/mol. The number of rotatable bonds is 1. The lowest BCUT2D eigenvalue weighted by molar-refractivity contribution is 0.653. The predicted octanol–water partition coefficient (Wildman–Crippen LogP) is 3.35. The van der Waals surface area contributed by atoms with Crippen LogP contribution in [0.4, 0.5) is 0 Å². The minimum atomic E-state index is 0.529. The molecule has 1 aliphatic heterocycles. The quantitative estimate of drug-likeness (QED) is 0.813. The molecule has 1 aromatic heterocycles. The maximum absolute atomic E-state index is 3.61. The highest BCUT2D eigenvalue weighted by atomic mass is 79.9. The number of halogens is 1. The molecular weight excluding hydrogens is 252 g/mol. The Morgan fingerprint density at radius 2 is 2.27 bits per heavy atom. The molecular formula is C12H13BrN2. The van der Waals surface area contributed by atoms with Crippen LogP contribution in [-0.2, 0) is 0 Å². The SMILES string of the molecule is Brc1c[nH]c2cccc(C3CCCN3)c12. The number of aromatic nitrogens is 1. The van der Waals surface area contributed by atoms with E-state index in [4.69, 9.17) is 0 Å². The van der Waals surface area contributed by atoms with E-state index in [-0.39, 0.29) is 0 Å². The lowest BCUT2D eigenvalue weighted by Gasteiger charge is -2.12. The fourth-order valence-corrected chi connectivity index (χ4v) is 2.97. The predicted molar refractivity (Wildman–Crippen MR) is 66.0 cm³/mol. The van der Waals surface area contributed by atoms with Crippen molar-refractivity contribution < 1.29 is 0 Å². The van der Waals surface area contributed by atoms with E-state index < -0.39 is 0 Å². The van der Waals surface area contributed by atoms with E-state index in [1.165, 1.54) is 33.8 Å². The van der Waals surface area contributed by atoms with Gasteiger partial charge in [-0.3, -0.25) is 0 Å². The van der Waals surface area contributed by atoms with E-state index in [9.17, 15) is 0 Å². The molecule has 1 fully saturated rings. The summed E-state index contributed by atoms with van der Waals surface area (Å²) in [7, 11) is 0. The molecule has 0 radical (unpaired) electrons. The van der Waals surface area contributed by atoms with Gasteiger partial charge in [0.15, 0.2) is 0 Å². The molecule has 0 spiro atoms. The molecule has 2 heterocycles. The molecule has 3 rings (SSSR count). The van der Waals surface area contributed by atoms with Crippen LogP contribution in [0.5, 0.6) is 0 Å². The van der Waals surface area contributed by atoms with Gasteiger partial charge in [0.2, 0.25) is 0 Å². The zero-order valence-electron chi connectivity index (χ0n) is 8.39. The Labute approximate surface area is 97.2 Å². The molecule has 15 heavy (non-hydrogen) atoms. The Balaban J connectivity index is 2.19. The van der Waals surface area contributed by atoms with Crippen molar-refractivity contribution in [1.82, 2.24) is 10.3 Å². The van der Waals surface area contributed by atoms with Gasteiger partial charge in [0, 0.05) is 27.6 Å². The number of aromatic amines is 1. The lowest BCUT2D eigenvalue weighted by atomic mass is 10.0. The van der Waals surface area contributed by atoms with Crippen LogP contribution in [0.1, 0.15) is 24.4 Å². The summed E-state index contributed by atoms with van der Waals surface area (Å²) < 4.78 is 1.17. The Hall–Kier alpha value is -0.800. The van der Waals surface area contributed by atoms with Gasteiger partial charge in [0.25, 0.3) is 0 Å². The summed E-state index contributed by atoms with van der Waals surface area (Å²) in [5.41, 5.74) is 2.63. The third-order valence-corrected chi connectivity index (χ3v) is 3.75. The third-order valence-electron chi connectivity index (χ3n) is 3.13. The van der Waals surface area contributed by atoms with E-state index in [1.54, 1.807) is 0 Å². The summed E-state index contributed by atoms with van der Waals surface area (Å²) >= 11 is 3.61. The maximum Gasteiger partial charge on any atom is 0.0469 e. The highest BCUT2D eigenvalue weighted by Crippen LogP contribution is 2.33. The molecule has 0 saturated carbocycles. The van der Waals surface area contributed by atoms with Gasteiger partial charge in [-0.05, 0) is 46.9 Å². The van der Waals surface area contributed by atoms with Crippen LogP contribution in [0.15, 0.2) is 28.9 Å². The molecule has 3 heteroatoms. The Kier molecular flexibility index (Phi) is 2.29. The average molecular weight is 265 g/mol. The summed E-state index contributed by atoms with van der Waals surface area (Å²) in [6.07, 6.45) is 4.54. The van der Waals surface area contributed by atoms with Gasteiger partial charge < -0.3 is 10.3 Å². The molecule has 2 nitrogen and oxygen atoms in total. The van der Waals surface area contributed by atoms with Crippen molar-refractivity contribution in [2.45, 2.75) is 18.9 Å². The summed E-state index contributed by atoms with van der Waals surface area (Å²) in [6.45, 7) is 1.14. The first kappa shape index (κ1) is 9.43. The maximum atomic E-state index is 3.61.